The molecule has 0 amide bonds. The van der Waals surface area contributed by atoms with Crippen LogP contribution in [0.1, 0.15) is 11.3 Å². The number of sulfonamides is 1. The van der Waals surface area contributed by atoms with Crippen LogP contribution in [0.3, 0.4) is 0 Å². The fourth-order valence-corrected chi connectivity index (χ4v) is 3.85. The molecule has 0 fully saturated rings. The zero-order valence-electron chi connectivity index (χ0n) is 12.2. The summed E-state index contributed by atoms with van der Waals surface area (Å²) < 4.78 is 28.0. The van der Waals surface area contributed by atoms with Gasteiger partial charge in [0.25, 0.3) is 0 Å². The second kappa shape index (κ2) is 7.17. The van der Waals surface area contributed by atoms with Gasteiger partial charge in [-0.25, -0.2) is 8.42 Å². The van der Waals surface area contributed by atoms with Gasteiger partial charge in [0, 0.05) is 31.2 Å². The molecule has 0 bridgehead atoms. The molecule has 116 valence electrons. The molecule has 0 radical (unpaired) electrons. The van der Waals surface area contributed by atoms with Crippen molar-refractivity contribution >= 4 is 21.4 Å². The quantitative estimate of drug-likeness (QED) is 0.743. The Morgan fingerprint density at radius 1 is 1.48 bits per heavy atom. The highest BCUT2D eigenvalue weighted by Gasteiger charge is 2.22. The van der Waals surface area contributed by atoms with E-state index in [0.717, 1.165) is 17.8 Å². The largest absolute Gasteiger partial charge is 0.320 e. The fourth-order valence-electron chi connectivity index (χ4n) is 1.90. The molecular weight excluding hydrogens is 308 g/mol. The summed E-state index contributed by atoms with van der Waals surface area (Å²) in [7, 11) is -0.00571. The van der Waals surface area contributed by atoms with Crippen molar-refractivity contribution in [2.75, 3.05) is 20.6 Å². The van der Waals surface area contributed by atoms with E-state index in [4.69, 9.17) is 0 Å². The topological polar surface area (TPSA) is 67.2 Å². The summed E-state index contributed by atoms with van der Waals surface area (Å²) in [4.78, 5) is 1.26. The second-order valence-corrected chi connectivity index (χ2v) is 7.81. The molecule has 2 rings (SSSR count). The smallest absolute Gasteiger partial charge is 0.246 e. The Kier molecular flexibility index (Phi) is 5.51. The predicted molar refractivity (Wildman–Crippen MR) is 83.7 cm³/mol. The first-order valence-corrected chi connectivity index (χ1v) is 9.02. The van der Waals surface area contributed by atoms with Crippen LogP contribution in [0.2, 0.25) is 0 Å². The molecule has 0 atom stereocenters. The highest BCUT2D eigenvalue weighted by atomic mass is 32.2. The lowest BCUT2D eigenvalue weighted by Crippen LogP contribution is -2.25. The second-order valence-electron chi connectivity index (χ2n) is 4.74. The molecule has 1 N–H and O–H groups in total. The van der Waals surface area contributed by atoms with Gasteiger partial charge in [-0.1, -0.05) is 6.07 Å². The summed E-state index contributed by atoms with van der Waals surface area (Å²) in [6.45, 7) is 1.95. The van der Waals surface area contributed by atoms with Crippen molar-refractivity contribution < 1.29 is 8.42 Å². The summed E-state index contributed by atoms with van der Waals surface area (Å²) in [6.07, 6.45) is 3.91. The number of thiophene rings is 1. The SMILES string of the molecule is CNCCCn1cc(S(=O)(=O)N(C)Cc2cccs2)cn1. The van der Waals surface area contributed by atoms with Crippen LogP contribution in [0.4, 0.5) is 0 Å². The summed E-state index contributed by atoms with van der Waals surface area (Å²) in [5.41, 5.74) is 0. The Labute approximate surface area is 129 Å². The highest BCUT2D eigenvalue weighted by Crippen LogP contribution is 2.18. The van der Waals surface area contributed by atoms with E-state index < -0.39 is 10.0 Å². The lowest BCUT2D eigenvalue weighted by Gasteiger charge is -2.14. The first-order valence-electron chi connectivity index (χ1n) is 6.70. The van der Waals surface area contributed by atoms with Gasteiger partial charge in [-0.05, 0) is 31.5 Å². The number of hydrogen-bond acceptors (Lipinski definition) is 5. The Morgan fingerprint density at radius 3 is 2.95 bits per heavy atom. The van der Waals surface area contributed by atoms with Crippen molar-refractivity contribution in [3.63, 3.8) is 0 Å². The molecule has 0 aliphatic heterocycles. The Balaban J connectivity index is 2.04. The van der Waals surface area contributed by atoms with E-state index in [2.05, 4.69) is 10.4 Å². The molecule has 2 heterocycles. The average molecular weight is 328 g/mol. The molecule has 21 heavy (non-hydrogen) atoms. The van der Waals surface area contributed by atoms with Crippen molar-refractivity contribution in [3.8, 4) is 0 Å². The molecule has 0 unspecified atom stereocenters. The van der Waals surface area contributed by atoms with Gasteiger partial charge in [0.1, 0.15) is 4.90 Å². The maximum absolute atomic E-state index is 12.5. The molecule has 0 saturated carbocycles. The maximum Gasteiger partial charge on any atom is 0.246 e. The molecule has 0 aromatic carbocycles. The van der Waals surface area contributed by atoms with Crippen LogP contribution in [0, 0.1) is 0 Å². The number of aryl methyl sites for hydroxylation is 1. The van der Waals surface area contributed by atoms with E-state index in [1.807, 2.05) is 24.6 Å². The number of hydrogen-bond donors (Lipinski definition) is 1. The lowest BCUT2D eigenvalue weighted by molar-refractivity contribution is 0.469. The van der Waals surface area contributed by atoms with Gasteiger partial charge in [0.2, 0.25) is 10.0 Å². The first-order chi connectivity index (χ1) is 10.0. The molecule has 0 saturated heterocycles. The van der Waals surface area contributed by atoms with E-state index in [1.165, 1.54) is 10.5 Å². The van der Waals surface area contributed by atoms with Gasteiger partial charge in [-0.3, -0.25) is 4.68 Å². The molecule has 6 nitrogen and oxygen atoms in total. The fraction of sp³-hybridized carbons (Fsp3) is 0.462. The third-order valence-electron chi connectivity index (χ3n) is 3.09. The normalized spacial score (nSPS) is 12.1. The Bertz CT molecular complexity index is 650. The van der Waals surface area contributed by atoms with Crippen molar-refractivity contribution in [1.29, 1.82) is 0 Å². The van der Waals surface area contributed by atoms with Crippen molar-refractivity contribution in [3.05, 3.63) is 34.8 Å². The first kappa shape index (κ1) is 16.2. The maximum atomic E-state index is 12.5. The molecule has 2 aromatic heterocycles. The van der Waals surface area contributed by atoms with Gasteiger partial charge in [0.05, 0.1) is 6.20 Å². The van der Waals surface area contributed by atoms with Crippen molar-refractivity contribution in [2.24, 2.45) is 0 Å². The third-order valence-corrected chi connectivity index (χ3v) is 5.71. The number of aromatic nitrogens is 2. The number of nitrogens with zero attached hydrogens (tertiary/aromatic N) is 3. The lowest BCUT2D eigenvalue weighted by atomic mass is 10.4. The minimum Gasteiger partial charge on any atom is -0.320 e. The Hall–Kier alpha value is -1.22. The molecule has 0 spiro atoms. The number of nitrogens with one attached hydrogen (secondary N) is 1. The van der Waals surface area contributed by atoms with Crippen LogP contribution >= 0.6 is 11.3 Å². The van der Waals surface area contributed by atoms with Crippen LogP contribution in [-0.2, 0) is 23.1 Å². The third kappa shape index (κ3) is 4.13. The monoisotopic (exact) mass is 328 g/mol. The van der Waals surface area contributed by atoms with Gasteiger partial charge in [-0.2, -0.15) is 9.40 Å². The van der Waals surface area contributed by atoms with E-state index >= 15 is 0 Å². The summed E-state index contributed by atoms with van der Waals surface area (Å²) in [5.74, 6) is 0. The minimum absolute atomic E-state index is 0.242. The molecule has 2 aromatic rings. The summed E-state index contributed by atoms with van der Waals surface area (Å²) >= 11 is 1.55. The zero-order valence-corrected chi connectivity index (χ0v) is 13.8. The van der Waals surface area contributed by atoms with E-state index in [1.54, 1.807) is 29.3 Å². The van der Waals surface area contributed by atoms with Crippen LogP contribution < -0.4 is 5.32 Å². The van der Waals surface area contributed by atoms with Crippen molar-refractivity contribution in [2.45, 2.75) is 24.4 Å². The van der Waals surface area contributed by atoms with Gasteiger partial charge < -0.3 is 5.32 Å². The standard InChI is InChI=1S/C13H20N4O2S2/c1-14-6-4-7-17-11-13(9-15-17)21(18,19)16(2)10-12-5-3-8-20-12/h3,5,8-9,11,14H,4,6-7,10H2,1-2H3. The molecule has 8 heteroatoms. The average Bonchev–Trinajstić information content (AvgIpc) is 3.10. The highest BCUT2D eigenvalue weighted by molar-refractivity contribution is 7.89. The molecule has 0 aliphatic carbocycles. The van der Waals surface area contributed by atoms with Crippen molar-refractivity contribution in [1.82, 2.24) is 19.4 Å². The van der Waals surface area contributed by atoms with Crippen LogP contribution in [0.25, 0.3) is 0 Å². The Morgan fingerprint density at radius 2 is 2.29 bits per heavy atom. The minimum atomic E-state index is -3.48. The number of rotatable bonds is 8. The van der Waals surface area contributed by atoms with Crippen LogP contribution in [0.5, 0.6) is 0 Å². The van der Waals surface area contributed by atoms with Gasteiger partial charge in [0.15, 0.2) is 0 Å². The van der Waals surface area contributed by atoms with E-state index in [0.29, 0.717) is 13.1 Å². The zero-order chi connectivity index (χ0) is 15.3. The predicted octanol–water partition coefficient (Wildman–Crippen LogP) is 1.37. The molecule has 0 aliphatic rings. The van der Waals surface area contributed by atoms with Gasteiger partial charge in [-0.15, -0.1) is 11.3 Å². The van der Waals surface area contributed by atoms with Crippen LogP contribution in [0.15, 0.2) is 34.8 Å². The van der Waals surface area contributed by atoms with E-state index in [9.17, 15) is 8.42 Å². The van der Waals surface area contributed by atoms with E-state index in [-0.39, 0.29) is 4.90 Å². The van der Waals surface area contributed by atoms with Crippen LogP contribution in [-0.4, -0.2) is 43.1 Å². The molecular formula is C13H20N4O2S2. The van der Waals surface area contributed by atoms with Gasteiger partial charge >= 0.3 is 0 Å². The summed E-state index contributed by atoms with van der Waals surface area (Å²) in [6, 6.07) is 3.85. The summed E-state index contributed by atoms with van der Waals surface area (Å²) in [5, 5.41) is 9.11.